The number of nitrogens with one attached hydrogen (secondary N) is 2. The summed E-state index contributed by atoms with van der Waals surface area (Å²) in [7, 11) is -2.17. The number of rotatable bonds is 6. The normalized spacial score (nSPS) is 22.2. The molecule has 9 nitrogen and oxygen atoms in total. The fourth-order valence-corrected chi connectivity index (χ4v) is 5.91. The summed E-state index contributed by atoms with van der Waals surface area (Å²) < 4.78 is 59.1. The van der Waals surface area contributed by atoms with Crippen LogP contribution in [0.4, 0.5) is 10.1 Å². The van der Waals surface area contributed by atoms with Gasteiger partial charge in [0.05, 0.1) is 42.9 Å². The number of sulfonamides is 1. The minimum atomic E-state index is -3.68. The van der Waals surface area contributed by atoms with E-state index < -0.39 is 28.0 Å². The van der Waals surface area contributed by atoms with Crippen molar-refractivity contribution in [3.8, 4) is 11.3 Å². The van der Waals surface area contributed by atoms with Crippen molar-refractivity contribution in [2.24, 2.45) is 0 Å². The van der Waals surface area contributed by atoms with Crippen LogP contribution in [-0.4, -0.2) is 66.1 Å². The SMILES string of the molecule is CNC(=O)c1c(-c2ccc(F)cc2)oc2cc3c(cc12)[C@H](C)O[C@H](CO[C@@H]1CCNC1)CN3S(C)(=O)=O. The van der Waals surface area contributed by atoms with Gasteiger partial charge in [-0.05, 0) is 50.2 Å². The number of hydrogen-bond donors (Lipinski definition) is 2. The van der Waals surface area contributed by atoms with Crippen LogP contribution in [0.15, 0.2) is 40.8 Å². The topological polar surface area (TPSA) is 110 Å². The Morgan fingerprint density at radius 1 is 1.27 bits per heavy atom. The number of benzene rings is 2. The number of carbonyl (C=O) groups is 1. The van der Waals surface area contributed by atoms with Crippen molar-refractivity contribution < 1.29 is 31.5 Å². The highest BCUT2D eigenvalue weighted by Gasteiger charge is 2.34. The third kappa shape index (κ3) is 5.08. The van der Waals surface area contributed by atoms with E-state index in [1.54, 1.807) is 12.1 Å². The minimum Gasteiger partial charge on any atom is -0.455 e. The molecule has 2 aliphatic heterocycles. The molecular formula is C26H30FN3O6S. The zero-order chi connectivity index (χ0) is 26.3. The lowest BCUT2D eigenvalue weighted by Gasteiger charge is -2.25. The first-order valence-corrected chi connectivity index (χ1v) is 14.0. The molecule has 5 rings (SSSR count). The number of hydrogen-bond acceptors (Lipinski definition) is 7. The Morgan fingerprint density at radius 3 is 2.68 bits per heavy atom. The van der Waals surface area contributed by atoms with Gasteiger partial charge >= 0.3 is 0 Å². The largest absolute Gasteiger partial charge is 0.455 e. The van der Waals surface area contributed by atoms with Crippen LogP contribution in [0.25, 0.3) is 22.3 Å². The lowest BCUT2D eigenvalue weighted by atomic mass is 10.0. The maximum Gasteiger partial charge on any atom is 0.255 e. The first-order chi connectivity index (χ1) is 17.7. The summed E-state index contributed by atoms with van der Waals surface area (Å²) in [5.74, 6) is -0.521. The molecule has 1 fully saturated rings. The first-order valence-electron chi connectivity index (χ1n) is 12.2. The maximum atomic E-state index is 13.5. The molecule has 1 aromatic heterocycles. The molecule has 0 radical (unpaired) electrons. The van der Waals surface area contributed by atoms with E-state index in [9.17, 15) is 17.6 Å². The first kappa shape index (κ1) is 25.7. The molecule has 0 aliphatic carbocycles. The molecule has 1 amide bonds. The van der Waals surface area contributed by atoms with E-state index in [4.69, 9.17) is 13.9 Å². The van der Waals surface area contributed by atoms with Gasteiger partial charge in [-0.25, -0.2) is 12.8 Å². The molecule has 2 N–H and O–H groups in total. The second-order valence-electron chi connectivity index (χ2n) is 9.44. The summed E-state index contributed by atoms with van der Waals surface area (Å²) >= 11 is 0. The van der Waals surface area contributed by atoms with Crippen LogP contribution < -0.4 is 14.9 Å². The lowest BCUT2D eigenvalue weighted by molar-refractivity contribution is -0.0601. The zero-order valence-electron chi connectivity index (χ0n) is 20.9. The second kappa shape index (κ2) is 10.1. The van der Waals surface area contributed by atoms with E-state index in [0.717, 1.165) is 25.8 Å². The standard InChI is InChI=1S/C26H30FN3O6S/c1-15-20-10-21-23(36-25(24(21)26(31)28-2)16-4-6-17(27)7-5-16)11-22(20)30(37(3,32)33)13-19(35-15)14-34-18-8-9-29-12-18/h4-7,10-11,15,18-19,29H,8-9,12-14H2,1-3H3,(H,28,31)/t15-,18+,19-/m0/s1. The van der Waals surface area contributed by atoms with E-state index in [2.05, 4.69) is 10.6 Å². The Kier molecular flexibility index (Phi) is 6.97. The van der Waals surface area contributed by atoms with Crippen LogP contribution >= 0.6 is 0 Å². The molecule has 0 unspecified atom stereocenters. The van der Waals surface area contributed by atoms with Gasteiger partial charge in [-0.1, -0.05) is 0 Å². The molecule has 1 saturated heterocycles. The smallest absolute Gasteiger partial charge is 0.255 e. The van der Waals surface area contributed by atoms with Crippen molar-refractivity contribution in [2.45, 2.75) is 31.7 Å². The molecule has 0 bridgehead atoms. The van der Waals surface area contributed by atoms with E-state index >= 15 is 0 Å². The van der Waals surface area contributed by atoms with Gasteiger partial charge in [0, 0.05) is 36.2 Å². The van der Waals surface area contributed by atoms with Gasteiger partial charge in [0.2, 0.25) is 10.0 Å². The Hall–Kier alpha value is -2.99. The molecule has 2 aliphatic rings. The second-order valence-corrected chi connectivity index (χ2v) is 11.3. The van der Waals surface area contributed by atoms with Gasteiger partial charge in [0.25, 0.3) is 5.91 Å². The minimum absolute atomic E-state index is 0.0681. The Morgan fingerprint density at radius 2 is 2.03 bits per heavy atom. The summed E-state index contributed by atoms with van der Waals surface area (Å²) in [6, 6.07) is 9.02. The Bertz CT molecular complexity index is 1420. The summed E-state index contributed by atoms with van der Waals surface area (Å²) in [5.41, 5.74) is 2.18. The van der Waals surface area contributed by atoms with Gasteiger partial charge in [0.15, 0.2) is 0 Å². The number of furan rings is 1. The van der Waals surface area contributed by atoms with Gasteiger partial charge in [-0.3, -0.25) is 9.10 Å². The van der Waals surface area contributed by atoms with Crippen molar-refractivity contribution in [2.75, 3.05) is 43.8 Å². The molecule has 2 aromatic carbocycles. The number of fused-ring (bicyclic) bond motifs is 2. The van der Waals surface area contributed by atoms with Crippen molar-refractivity contribution in [3.63, 3.8) is 0 Å². The predicted molar refractivity (Wildman–Crippen MR) is 138 cm³/mol. The van der Waals surface area contributed by atoms with Gasteiger partial charge in [-0.2, -0.15) is 0 Å². The van der Waals surface area contributed by atoms with E-state index in [0.29, 0.717) is 27.8 Å². The van der Waals surface area contributed by atoms with Crippen LogP contribution in [0.1, 0.15) is 35.4 Å². The zero-order valence-corrected chi connectivity index (χ0v) is 21.7. The Balaban J connectivity index is 1.60. The van der Waals surface area contributed by atoms with Gasteiger partial charge < -0.3 is 24.5 Å². The van der Waals surface area contributed by atoms with Crippen molar-refractivity contribution in [3.05, 3.63) is 53.3 Å². The molecule has 3 aromatic rings. The van der Waals surface area contributed by atoms with Crippen molar-refractivity contribution >= 4 is 32.6 Å². The summed E-state index contributed by atoms with van der Waals surface area (Å²) in [6.07, 6.45) is 1.14. The number of amides is 1. The average Bonchev–Trinajstić information content (AvgIpc) is 3.48. The molecule has 3 atom stereocenters. The number of ether oxygens (including phenoxy) is 2. The molecular weight excluding hydrogens is 501 g/mol. The number of halogens is 1. The summed E-state index contributed by atoms with van der Waals surface area (Å²) in [6.45, 7) is 3.83. The van der Waals surface area contributed by atoms with Crippen LogP contribution in [0.3, 0.4) is 0 Å². The van der Waals surface area contributed by atoms with E-state index in [-0.39, 0.29) is 36.5 Å². The van der Waals surface area contributed by atoms with Crippen LogP contribution in [0.5, 0.6) is 0 Å². The maximum absolute atomic E-state index is 13.5. The predicted octanol–water partition coefficient (Wildman–Crippen LogP) is 3.20. The van der Waals surface area contributed by atoms with Gasteiger partial charge in [-0.15, -0.1) is 0 Å². The van der Waals surface area contributed by atoms with Crippen LogP contribution in [0.2, 0.25) is 0 Å². The molecule has 0 spiro atoms. The quantitative estimate of drug-likeness (QED) is 0.503. The molecule has 3 heterocycles. The summed E-state index contributed by atoms with van der Waals surface area (Å²) in [5, 5.41) is 6.39. The van der Waals surface area contributed by atoms with Gasteiger partial charge in [0.1, 0.15) is 23.3 Å². The number of carbonyl (C=O) groups excluding carboxylic acids is 1. The third-order valence-electron chi connectivity index (χ3n) is 6.80. The highest BCUT2D eigenvalue weighted by Crippen LogP contribution is 2.42. The monoisotopic (exact) mass is 531 g/mol. The molecule has 37 heavy (non-hydrogen) atoms. The highest BCUT2D eigenvalue weighted by molar-refractivity contribution is 7.92. The molecule has 198 valence electrons. The fourth-order valence-electron chi connectivity index (χ4n) is 4.95. The van der Waals surface area contributed by atoms with Crippen molar-refractivity contribution in [1.82, 2.24) is 10.6 Å². The third-order valence-corrected chi connectivity index (χ3v) is 7.95. The van der Waals surface area contributed by atoms with Crippen molar-refractivity contribution in [1.29, 1.82) is 0 Å². The summed E-state index contributed by atoms with van der Waals surface area (Å²) in [4.78, 5) is 12.9. The average molecular weight is 532 g/mol. The van der Waals surface area contributed by atoms with E-state index in [1.165, 1.54) is 35.6 Å². The molecule has 0 saturated carbocycles. The van der Waals surface area contributed by atoms with E-state index in [1.807, 2.05) is 6.92 Å². The number of anilines is 1. The highest BCUT2D eigenvalue weighted by atomic mass is 32.2. The van der Waals surface area contributed by atoms with Crippen LogP contribution in [-0.2, 0) is 19.5 Å². The van der Waals surface area contributed by atoms with Crippen LogP contribution in [0, 0.1) is 5.82 Å². The number of nitrogens with zero attached hydrogens (tertiary/aromatic N) is 1. The fraction of sp³-hybridized carbons (Fsp3) is 0.423. The lowest BCUT2D eigenvalue weighted by Crippen LogP contribution is -2.39. The molecule has 11 heteroatoms. The Labute approximate surface area is 215 Å².